The van der Waals surface area contributed by atoms with Gasteiger partial charge < -0.3 is 4.74 Å². The molecule has 0 saturated carbocycles. The van der Waals surface area contributed by atoms with Crippen LogP contribution in [0.1, 0.15) is 30.5 Å². The number of halogens is 1. The van der Waals surface area contributed by atoms with Gasteiger partial charge in [-0.1, -0.05) is 12.1 Å². The Morgan fingerprint density at radius 3 is 2.19 bits per heavy atom. The maximum absolute atomic E-state index is 11.2. The van der Waals surface area contributed by atoms with E-state index in [0.717, 1.165) is 22.4 Å². The summed E-state index contributed by atoms with van der Waals surface area (Å²) in [6, 6.07) is 4.01. The third-order valence-electron chi connectivity index (χ3n) is 2.70. The molecule has 0 aromatic heterocycles. The van der Waals surface area contributed by atoms with Crippen molar-refractivity contribution in [3.8, 4) is 5.75 Å². The van der Waals surface area contributed by atoms with Crippen molar-refractivity contribution >= 4 is 16.8 Å². The van der Waals surface area contributed by atoms with Crippen LogP contribution in [0.25, 0.3) is 0 Å². The number of carbonyl (C=O) groups excluding carboxylic acids is 1. The van der Waals surface area contributed by atoms with E-state index in [4.69, 9.17) is 16.3 Å². The summed E-state index contributed by atoms with van der Waals surface area (Å²) in [7, 11) is 0. The van der Waals surface area contributed by atoms with Crippen molar-refractivity contribution < 1.29 is 9.53 Å². The van der Waals surface area contributed by atoms with Gasteiger partial charge in [0.1, 0.15) is 5.75 Å². The van der Waals surface area contributed by atoms with Crippen LogP contribution >= 0.6 is 11.6 Å². The molecular weight excluding hydrogens is 224 g/mol. The third kappa shape index (κ3) is 2.56. The number of benzene rings is 1. The number of ether oxygens (including phenoxy) is 1. The van der Waals surface area contributed by atoms with Gasteiger partial charge in [0.2, 0.25) is 0 Å². The van der Waals surface area contributed by atoms with E-state index in [1.165, 1.54) is 0 Å². The molecule has 0 N–H and O–H groups in total. The van der Waals surface area contributed by atoms with Crippen LogP contribution in [0.15, 0.2) is 12.1 Å². The van der Waals surface area contributed by atoms with Crippen molar-refractivity contribution in [2.24, 2.45) is 0 Å². The molecule has 0 saturated heterocycles. The molecule has 0 spiro atoms. The van der Waals surface area contributed by atoms with Crippen molar-refractivity contribution in [3.05, 3.63) is 28.8 Å². The zero-order chi connectivity index (χ0) is 12.5. The zero-order valence-corrected chi connectivity index (χ0v) is 11.1. The molecule has 1 aromatic rings. The van der Waals surface area contributed by atoms with Gasteiger partial charge in [-0.15, -0.1) is 0 Å². The quantitative estimate of drug-likeness (QED) is 0.756. The molecule has 0 unspecified atom stereocenters. The molecule has 0 aliphatic rings. The van der Waals surface area contributed by atoms with E-state index < -0.39 is 10.8 Å². The van der Waals surface area contributed by atoms with Crippen molar-refractivity contribution in [3.63, 3.8) is 0 Å². The topological polar surface area (TPSA) is 26.3 Å². The van der Waals surface area contributed by atoms with Crippen LogP contribution in [0, 0.1) is 20.8 Å². The normalized spacial score (nSPS) is 11.4. The van der Waals surface area contributed by atoms with E-state index in [0.29, 0.717) is 0 Å². The van der Waals surface area contributed by atoms with Crippen molar-refractivity contribution in [2.45, 2.75) is 40.2 Å². The molecule has 0 amide bonds. The summed E-state index contributed by atoms with van der Waals surface area (Å²) in [5.74, 6) is 0.749. The Morgan fingerprint density at radius 2 is 1.69 bits per heavy atom. The van der Waals surface area contributed by atoms with E-state index in [1.807, 2.05) is 32.9 Å². The lowest BCUT2D eigenvalue weighted by molar-refractivity contribution is -0.123. The van der Waals surface area contributed by atoms with Gasteiger partial charge in [-0.3, -0.25) is 4.79 Å². The summed E-state index contributed by atoms with van der Waals surface area (Å²) >= 11 is 5.50. The molecule has 0 heterocycles. The Kier molecular flexibility index (Phi) is 3.64. The first kappa shape index (κ1) is 13.0. The van der Waals surface area contributed by atoms with Crippen LogP contribution < -0.4 is 4.74 Å². The summed E-state index contributed by atoms with van der Waals surface area (Å²) in [5, 5.41) is -0.493. The summed E-state index contributed by atoms with van der Waals surface area (Å²) in [6.45, 7) is 9.28. The molecule has 0 aliphatic carbocycles. The van der Waals surface area contributed by atoms with Crippen molar-refractivity contribution in [1.82, 2.24) is 0 Å². The first-order chi connectivity index (χ1) is 7.25. The summed E-state index contributed by atoms with van der Waals surface area (Å²) < 4.78 is 5.72. The molecule has 16 heavy (non-hydrogen) atoms. The SMILES string of the molecule is Cc1ccc(C)c(OC(C)(C)C(=O)Cl)c1C. The highest BCUT2D eigenvalue weighted by Gasteiger charge is 2.29. The maximum atomic E-state index is 11.2. The fourth-order valence-electron chi connectivity index (χ4n) is 1.38. The molecule has 88 valence electrons. The molecule has 0 bridgehead atoms. The van der Waals surface area contributed by atoms with E-state index in [1.54, 1.807) is 13.8 Å². The standard InChI is InChI=1S/C13H17ClO2/c1-8-6-7-9(2)11(10(8)3)16-13(4,5)12(14)15/h6-7H,1-5H3. The van der Waals surface area contributed by atoms with Crippen LogP contribution in [0.5, 0.6) is 5.75 Å². The average Bonchev–Trinajstić information content (AvgIpc) is 2.18. The molecule has 1 aromatic carbocycles. The number of carbonyl (C=O) groups is 1. The number of hydrogen-bond donors (Lipinski definition) is 0. The van der Waals surface area contributed by atoms with Gasteiger partial charge in [0, 0.05) is 0 Å². The van der Waals surface area contributed by atoms with Gasteiger partial charge in [-0.25, -0.2) is 0 Å². The van der Waals surface area contributed by atoms with Crippen LogP contribution in [0.4, 0.5) is 0 Å². The maximum Gasteiger partial charge on any atom is 0.264 e. The molecule has 2 nitrogen and oxygen atoms in total. The van der Waals surface area contributed by atoms with Gasteiger partial charge in [0.05, 0.1) is 0 Å². The predicted octanol–water partition coefficient (Wildman–Crippen LogP) is 3.53. The van der Waals surface area contributed by atoms with Gasteiger partial charge in [0.25, 0.3) is 5.24 Å². The van der Waals surface area contributed by atoms with E-state index in [-0.39, 0.29) is 0 Å². The minimum absolute atomic E-state index is 0.493. The Labute approximate surface area is 102 Å². The monoisotopic (exact) mass is 240 g/mol. The molecule has 0 aliphatic heterocycles. The third-order valence-corrected chi connectivity index (χ3v) is 3.16. The molecule has 0 fully saturated rings. The minimum atomic E-state index is -0.995. The van der Waals surface area contributed by atoms with Crippen LogP contribution in [-0.2, 0) is 4.79 Å². The predicted molar refractivity (Wildman–Crippen MR) is 66.2 cm³/mol. The average molecular weight is 241 g/mol. The Balaban J connectivity index is 3.15. The smallest absolute Gasteiger partial charge is 0.264 e. The fraction of sp³-hybridized carbons (Fsp3) is 0.462. The number of rotatable bonds is 3. The second-order valence-electron chi connectivity index (χ2n) is 4.54. The lowest BCUT2D eigenvalue weighted by Crippen LogP contribution is -2.35. The molecule has 0 atom stereocenters. The largest absolute Gasteiger partial charge is 0.478 e. The van der Waals surface area contributed by atoms with Crippen LogP contribution in [-0.4, -0.2) is 10.8 Å². The molecular formula is C13H17ClO2. The molecule has 1 rings (SSSR count). The van der Waals surface area contributed by atoms with Gasteiger partial charge >= 0.3 is 0 Å². The van der Waals surface area contributed by atoms with Crippen LogP contribution in [0.2, 0.25) is 0 Å². The summed E-state index contributed by atoms with van der Waals surface area (Å²) in [5.41, 5.74) is 2.20. The highest BCUT2D eigenvalue weighted by molar-refractivity contribution is 6.65. The second kappa shape index (κ2) is 4.46. The molecule has 3 heteroatoms. The number of hydrogen-bond acceptors (Lipinski definition) is 2. The van der Waals surface area contributed by atoms with E-state index >= 15 is 0 Å². The van der Waals surface area contributed by atoms with Crippen LogP contribution in [0.3, 0.4) is 0 Å². The molecule has 0 radical (unpaired) electrons. The minimum Gasteiger partial charge on any atom is -0.478 e. The first-order valence-corrected chi connectivity index (χ1v) is 5.59. The van der Waals surface area contributed by atoms with Gasteiger partial charge in [0.15, 0.2) is 5.60 Å². The fourth-order valence-corrected chi connectivity index (χ4v) is 1.42. The lowest BCUT2D eigenvalue weighted by Gasteiger charge is -2.25. The van der Waals surface area contributed by atoms with Gasteiger partial charge in [-0.2, -0.15) is 0 Å². The Bertz CT molecular complexity index is 422. The summed E-state index contributed by atoms with van der Waals surface area (Å²) in [4.78, 5) is 11.2. The summed E-state index contributed by atoms with van der Waals surface area (Å²) in [6.07, 6.45) is 0. The second-order valence-corrected chi connectivity index (χ2v) is 4.88. The highest BCUT2D eigenvalue weighted by atomic mass is 35.5. The van der Waals surface area contributed by atoms with E-state index in [9.17, 15) is 4.79 Å². The van der Waals surface area contributed by atoms with Crippen molar-refractivity contribution in [2.75, 3.05) is 0 Å². The Hall–Kier alpha value is -1.02. The highest BCUT2D eigenvalue weighted by Crippen LogP contribution is 2.29. The Morgan fingerprint density at radius 1 is 1.19 bits per heavy atom. The number of aryl methyl sites for hydroxylation is 2. The first-order valence-electron chi connectivity index (χ1n) is 5.21. The van der Waals surface area contributed by atoms with E-state index in [2.05, 4.69) is 0 Å². The van der Waals surface area contributed by atoms with Gasteiger partial charge in [-0.05, 0) is 62.9 Å². The van der Waals surface area contributed by atoms with Crippen molar-refractivity contribution in [1.29, 1.82) is 0 Å². The zero-order valence-electron chi connectivity index (χ0n) is 10.3. The lowest BCUT2D eigenvalue weighted by atomic mass is 10.0.